The molecule has 0 aliphatic carbocycles. The van der Waals surface area contributed by atoms with E-state index in [9.17, 15) is 4.79 Å². The summed E-state index contributed by atoms with van der Waals surface area (Å²) in [6, 6.07) is 9.54. The van der Waals surface area contributed by atoms with Gasteiger partial charge >= 0.3 is 5.97 Å². The molecular formula is C13H17NO3. The fourth-order valence-corrected chi connectivity index (χ4v) is 2.08. The van der Waals surface area contributed by atoms with Crippen molar-refractivity contribution in [2.75, 3.05) is 6.61 Å². The van der Waals surface area contributed by atoms with Crippen molar-refractivity contribution in [2.45, 2.75) is 31.3 Å². The quantitative estimate of drug-likeness (QED) is 0.815. The zero-order valence-corrected chi connectivity index (χ0v) is 9.63. The molecule has 1 aliphatic heterocycles. The molecule has 1 heterocycles. The van der Waals surface area contributed by atoms with Crippen molar-refractivity contribution in [1.82, 2.24) is 5.32 Å². The standard InChI is InChI=1S/C13H17NO3/c15-13(16)12-7-6-10(14-12)8-9-17-11-4-2-1-3-5-11/h1-5,10,12,14H,6-9H2,(H,15,16). The summed E-state index contributed by atoms with van der Waals surface area (Å²) < 4.78 is 5.58. The Morgan fingerprint density at radius 1 is 1.35 bits per heavy atom. The molecule has 0 radical (unpaired) electrons. The van der Waals surface area contributed by atoms with Gasteiger partial charge in [0.15, 0.2) is 0 Å². The minimum Gasteiger partial charge on any atom is -0.494 e. The second kappa shape index (κ2) is 5.68. The van der Waals surface area contributed by atoms with E-state index in [0.29, 0.717) is 13.0 Å². The maximum Gasteiger partial charge on any atom is 0.320 e. The van der Waals surface area contributed by atoms with E-state index in [-0.39, 0.29) is 12.1 Å². The third-order valence-electron chi connectivity index (χ3n) is 3.02. The molecule has 0 aromatic heterocycles. The van der Waals surface area contributed by atoms with Gasteiger partial charge in [-0.2, -0.15) is 0 Å². The average Bonchev–Trinajstić information content (AvgIpc) is 2.79. The molecule has 4 nitrogen and oxygen atoms in total. The first-order valence-electron chi connectivity index (χ1n) is 5.92. The van der Waals surface area contributed by atoms with Gasteiger partial charge in [0, 0.05) is 6.04 Å². The summed E-state index contributed by atoms with van der Waals surface area (Å²) >= 11 is 0. The molecule has 1 aromatic carbocycles. The number of carbonyl (C=O) groups is 1. The number of nitrogens with one attached hydrogen (secondary N) is 1. The molecule has 0 bridgehead atoms. The third-order valence-corrected chi connectivity index (χ3v) is 3.02. The Hall–Kier alpha value is -1.55. The van der Waals surface area contributed by atoms with Crippen molar-refractivity contribution in [3.8, 4) is 5.75 Å². The van der Waals surface area contributed by atoms with Gasteiger partial charge in [0.05, 0.1) is 6.61 Å². The number of hydrogen-bond acceptors (Lipinski definition) is 3. The van der Waals surface area contributed by atoms with Gasteiger partial charge in [-0.1, -0.05) is 18.2 Å². The Labute approximate surface area is 101 Å². The van der Waals surface area contributed by atoms with Gasteiger partial charge in [0.2, 0.25) is 0 Å². The minimum absolute atomic E-state index is 0.264. The van der Waals surface area contributed by atoms with E-state index in [1.807, 2.05) is 30.3 Å². The molecule has 2 atom stereocenters. The summed E-state index contributed by atoms with van der Waals surface area (Å²) in [5, 5.41) is 11.9. The van der Waals surface area contributed by atoms with Crippen molar-refractivity contribution < 1.29 is 14.6 Å². The molecule has 1 aromatic rings. The SMILES string of the molecule is O=C(O)C1CCC(CCOc2ccccc2)N1. The normalized spacial score (nSPS) is 23.5. The Bertz CT molecular complexity index is 366. The van der Waals surface area contributed by atoms with Crippen LogP contribution in [-0.4, -0.2) is 29.8 Å². The lowest BCUT2D eigenvalue weighted by molar-refractivity contribution is -0.139. The third kappa shape index (κ3) is 3.46. The number of benzene rings is 1. The number of para-hydroxylation sites is 1. The van der Waals surface area contributed by atoms with Crippen LogP contribution in [0.3, 0.4) is 0 Å². The first-order chi connectivity index (χ1) is 8.25. The molecule has 2 N–H and O–H groups in total. The highest BCUT2D eigenvalue weighted by Crippen LogP contribution is 2.16. The van der Waals surface area contributed by atoms with E-state index >= 15 is 0 Å². The molecule has 0 saturated carbocycles. The van der Waals surface area contributed by atoms with Gasteiger partial charge in [0.1, 0.15) is 11.8 Å². The van der Waals surface area contributed by atoms with Crippen LogP contribution < -0.4 is 10.1 Å². The van der Waals surface area contributed by atoms with Crippen LogP contribution in [0, 0.1) is 0 Å². The number of aliphatic carboxylic acids is 1. The maximum absolute atomic E-state index is 10.7. The Morgan fingerprint density at radius 2 is 2.12 bits per heavy atom. The summed E-state index contributed by atoms with van der Waals surface area (Å²) in [5.74, 6) is 0.108. The summed E-state index contributed by atoms with van der Waals surface area (Å²) in [4.78, 5) is 10.7. The van der Waals surface area contributed by atoms with Gasteiger partial charge < -0.3 is 15.2 Å². The van der Waals surface area contributed by atoms with Crippen LogP contribution >= 0.6 is 0 Å². The molecule has 2 unspecified atom stereocenters. The summed E-state index contributed by atoms with van der Waals surface area (Å²) in [6.07, 6.45) is 2.47. The lowest BCUT2D eigenvalue weighted by atomic mass is 10.1. The van der Waals surface area contributed by atoms with Crippen molar-refractivity contribution in [1.29, 1.82) is 0 Å². The second-order valence-electron chi connectivity index (χ2n) is 4.28. The fourth-order valence-electron chi connectivity index (χ4n) is 2.08. The van der Waals surface area contributed by atoms with E-state index in [1.54, 1.807) is 0 Å². The number of ether oxygens (including phenoxy) is 1. The molecule has 1 saturated heterocycles. The summed E-state index contributed by atoms with van der Waals surface area (Å²) in [7, 11) is 0. The first kappa shape index (κ1) is 11.9. The molecular weight excluding hydrogens is 218 g/mol. The van der Waals surface area contributed by atoms with Gasteiger partial charge in [-0.15, -0.1) is 0 Å². The summed E-state index contributed by atoms with van der Waals surface area (Å²) in [6.45, 7) is 0.619. The molecule has 4 heteroatoms. The van der Waals surface area contributed by atoms with Crippen LogP contribution in [0.1, 0.15) is 19.3 Å². The topological polar surface area (TPSA) is 58.6 Å². The van der Waals surface area contributed by atoms with Crippen molar-refractivity contribution in [3.63, 3.8) is 0 Å². The molecule has 0 amide bonds. The van der Waals surface area contributed by atoms with Crippen LogP contribution in [-0.2, 0) is 4.79 Å². The van der Waals surface area contributed by atoms with E-state index in [1.165, 1.54) is 0 Å². The van der Waals surface area contributed by atoms with E-state index in [2.05, 4.69) is 5.32 Å². The van der Waals surface area contributed by atoms with Crippen LogP contribution in [0.5, 0.6) is 5.75 Å². The Balaban J connectivity index is 1.68. The van der Waals surface area contributed by atoms with Gasteiger partial charge in [-0.05, 0) is 31.4 Å². The predicted molar refractivity (Wildman–Crippen MR) is 64.1 cm³/mol. The average molecular weight is 235 g/mol. The zero-order chi connectivity index (χ0) is 12.1. The highest BCUT2D eigenvalue weighted by atomic mass is 16.5. The zero-order valence-electron chi connectivity index (χ0n) is 9.63. The highest BCUT2D eigenvalue weighted by Gasteiger charge is 2.28. The smallest absolute Gasteiger partial charge is 0.320 e. The fraction of sp³-hybridized carbons (Fsp3) is 0.462. The van der Waals surface area contributed by atoms with E-state index < -0.39 is 5.97 Å². The molecule has 0 spiro atoms. The Morgan fingerprint density at radius 3 is 2.76 bits per heavy atom. The van der Waals surface area contributed by atoms with Gasteiger partial charge in [0.25, 0.3) is 0 Å². The van der Waals surface area contributed by atoms with Crippen molar-refractivity contribution in [2.24, 2.45) is 0 Å². The van der Waals surface area contributed by atoms with Crippen LogP contribution in [0.25, 0.3) is 0 Å². The highest BCUT2D eigenvalue weighted by molar-refractivity contribution is 5.73. The first-order valence-corrected chi connectivity index (χ1v) is 5.92. The van der Waals surface area contributed by atoms with Gasteiger partial charge in [-0.3, -0.25) is 4.79 Å². The van der Waals surface area contributed by atoms with Gasteiger partial charge in [-0.25, -0.2) is 0 Å². The van der Waals surface area contributed by atoms with Crippen molar-refractivity contribution >= 4 is 5.97 Å². The molecule has 92 valence electrons. The number of hydrogen-bond donors (Lipinski definition) is 2. The monoisotopic (exact) mass is 235 g/mol. The van der Waals surface area contributed by atoms with Crippen LogP contribution in [0.15, 0.2) is 30.3 Å². The molecule has 1 aliphatic rings. The second-order valence-corrected chi connectivity index (χ2v) is 4.28. The van der Waals surface area contributed by atoms with E-state index in [4.69, 9.17) is 9.84 Å². The molecule has 17 heavy (non-hydrogen) atoms. The van der Waals surface area contributed by atoms with Crippen LogP contribution in [0.2, 0.25) is 0 Å². The number of carboxylic acids is 1. The number of carboxylic acid groups (broad SMARTS) is 1. The lowest BCUT2D eigenvalue weighted by Crippen LogP contribution is -2.35. The van der Waals surface area contributed by atoms with E-state index in [0.717, 1.165) is 18.6 Å². The molecule has 1 fully saturated rings. The predicted octanol–water partition coefficient (Wildman–Crippen LogP) is 1.66. The minimum atomic E-state index is -0.753. The maximum atomic E-state index is 10.7. The molecule has 2 rings (SSSR count). The summed E-state index contributed by atoms with van der Waals surface area (Å²) in [5.41, 5.74) is 0. The number of rotatable bonds is 5. The van der Waals surface area contributed by atoms with Crippen LogP contribution in [0.4, 0.5) is 0 Å². The lowest BCUT2D eigenvalue weighted by Gasteiger charge is -2.12. The Kier molecular flexibility index (Phi) is 3.98. The van der Waals surface area contributed by atoms with Crippen molar-refractivity contribution in [3.05, 3.63) is 30.3 Å². The largest absolute Gasteiger partial charge is 0.494 e.